The van der Waals surface area contributed by atoms with Crippen LogP contribution in [-0.2, 0) is 4.79 Å². The number of benzene rings is 1. The summed E-state index contributed by atoms with van der Waals surface area (Å²) in [5, 5.41) is 22.7. The molecule has 1 aromatic carbocycles. The highest BCUT2D eigenvalue weighted by Gasteiger charge is 2.28. The van der Waals surface area contributed by atoms with Crippen LogP contribution in [0.25, 0.3) is 10.9 Å². The van der Waals surface area contributed by atoms with E-state index in [9.17, 15) is 15.3 Å². The molecular formula is C20H22N4O. The number of aromatic nitrogens is 1. The first-order valence-electron chi connectivity index (χ1n) is 8.62. The number of nitrogens with one attached hydrogen (secondary N) is 1. The number of hydrogen-bond acceptors (Lipinski definition) is 3. The van der Waals surface area contributed by atoms with Gasteiger partial charge in [-0.3, -0.25) is 4.79 Å². The van der Waals surface area contributed by atoms with Crippen molar-refractivity contribution in [1.29, 1.82) is 10.5 Å². The van der Waals surface area contributed by atoms with Crippen LogP contribution >= 0.6 is 0 Å². The fourth-order valence-corrected chi connectivity index (χ4v) is 3.30. The molecule has 1 saturated carbocycles. The molecule has 1 N–H and O–H groups in total. The number of anilines is 1. The molecule has 1 aromatic heterocycles. The van der Waals surface area contributed by atoms with E-state index in [-0.39, 0.29) is 17.4 Å². The lowest BCUT2D eigenvalue weighted by atomic mass is 9.92. The molecule has 0 unspecified atom stereocenters. The van der Waals surface area contributed by atoms with Gasteiger partial charge >= 0.3 is 0 Å². The first-order valence-corrected chi connectivity index (χ1v) is 8.62. The number of nitrogens with zero attached hydrogens (tertiary/aromatic N) is 3. The Kier molecular flexibility index (Phi) is 4.27. The summed E-state index contributed by atoms with van der Waals surface area (Å²) in [7, 11) is 0. The van der Waals surface area contributed by atoms with E-state index in [1.807, 2.05) is 26.8 Å². The molecule has 1 fully saturated rings. The van der Waals surface area contributed by atoms with E-state index in [0.717, 1.165) is 30.2 Å². The second-order valence-corrected chi connectivity index (χ2v) is 7.92. The number of carbonyl (C=O) groups excluding carboxylic acids is 1. The number of fused-ring (bicyclic) bond motifs is 1. The van der Waals surface area contributed by atoms with Crippen molar-refractivity contribution in [2.75, 3.05) is 5.32 Å². The minimum Gasteiger partial charge on any atom is -0.323 e. The monoisotopic (exact) mass is 334 g/mol. The van der Waals surface area contributed by atoms with Crippen molar-refractivity contribution < 1.29 is 4.79 Å². The molecule has 0 bridgehead atoms. The Morgan fingerprint density at radius 2 is 2.00 bits per heavy atom. The van der Waals surface area contributed by atoms with E-state index >= 15 is 0 Å². The third kappa shape index (κ3) is 3.23. The summed E-state index contributed by atoms with van der Waals surface area (Å²) >= 11 is 0. The van der Waals surface area contributed by atoms with E-state index in [4.69, 9.17) is 0 Å². The quantitative estimate of drug-likeness (QED) is 0.898. The van der Waals surface area contributed by atoms with Gasteiger partial charge in [-0.25, -0.2) is 0 Å². The molecule has 5 heteroatoms. The third-order valence-electron chi connectivity index (χ3n) is 4.63. The van der Waals surface area contributed by atoms with Gasteiger partial charge < -0.3 is 9.88 Å². The fourth-order valence-electron chi connectivity index (χ4n) is 3.30. The Hall–Kier alpha value is -2.79. The zero-order chi connectivity index (χ0) is 18.2. The molecule has 128 valence electrons. The van der Waals surface area contributed by atoms with Crippen LogP contribution in [0.3, 0.4) is 0 Å². The number of rotatable bonds is 3. The Bertz CT molecular complexity index is 914. The zero-order valence-electron chi connectivity index (χ0n) is 14.9. The topological polar surface area (TPSA) is 81.6 Å². The van der Waals surface area contributed by atoms with Crippen molar-refractivity contribution in [3.63, 3.8) is 0 Å². The lowest BCUT2D eigenvalue weighted by Crippen LogP contribution is -2.24. The predicted molar refractivity (Wildman–Crippen MR) is 97.0 cm³/mol. The minimum absolute atomic E-state index is 0.0899. The van der Waals surface area contributed by atoms with Crippen LogP contribution in [-0.4, -0.2) is 10.5 Å². The fraction of sp³-hybridized carbons (Fsp3) is 0.450. The van der Waals surface area contributed by atoms with Gasteiger partial charge in [0.25, 0.3) is 0 Å². The lowest BCUT2D eigenvalue weighted by molar-refractivity contribution is -0.117. The van der Waals surface area contributed by atoms with Crippen LogP contribution in [0.5, 0.6) is 0 Å². The highest BCUT2D eigenvalue weighted by atomic mass is 16.1. The Morgan fingerprint density at radius 1 is 1.28 bits per heavy atom. The largest absolute Gasteiger partial charge is 0.323 e. The molecule has 0 aliphatic heterocycles. The second kappa shape index (κ2) is 6.26. The Morgan fingerprint density at radius 3 is 2.52 bits per heavy atom. The maximum Gasteiger partial charge on any atom is 0.226 e. The number of nitriles is 2. The van der Waals surface area contributed by atoms with Gasteiger partial charge in [-0.2, -0.15) is 10.5 Å². The molecule has 0 saturated heterocycles. The van der Waals surface area contributed by atoms with Crippen molar-refractivity contribution in [2.24, 2.45) is 5.41 Å². The van der Waals surface area contributed by atoms with Crippen LogP contribution in [0.4, 0.5) is 5.82 Å². The van der Waals surface area contributed by atoms with Gasteiger partial charge in [0.1, 0.15) is 17.5 Å². The van der Waals surface area contributed by atoms with Crippen LogP contribution in [0.15, 0.2) is 18.2 Å². The standard InChI is InChI=1S/C20H22N4O/c1-20(2,3)10-18(25)23-19-16(12-22)15-8-7-13(11-21)9-17(15)24(19)14-5-4-6-14/h7-9,14H,4-6,10H2,1-3H3,(H,23,25). The van der Waals surface area contributed by atoms with E-state index in [1.165, 1.54) is 0 Å². The summed E-state index contributed by atoms with van der Waals surface area (Å²) < 4.78 is 2.05. The van der Waals surface area contributed by atoms with Crippen molar-refractivity contribution in [1.82, 2.24) is 4.57 Å². The molecule has 25 heavy (non-hydrogen) atoms. The van der Waals surface area contributed by atoms with E-state index in [2.05, 4.69) is 22.0 Å². The number of hydrogen-bond donors (Lipinski definition) is 1. The summed E-state index contributed by atoms with van der Waals surface area (Å²) in [4.78, 5) is 12.5. The van der Waals surface area contributed by atoms with Gasteiger partial charge in [0.05, 0.1) is 17.1 Å². The van der Waals surface area contributed by atoms with E-state index in [1.54, 1.807) is 12.1 Å². The molecule has 5 nitrogen and oxygen atoms in total. The van der Waals surface area contributed by atoms with Crippen LogP contribution < -0.4 is 5.32 Å². The van der Waals surface area contributed by atoms with Crippen molar-refractivity contribution in [3.8, 4) is 12.1 Å². The first kappa shape index (κ1) is 17.0. The summed E-state index contributed by atoms with van der Waals surface area (Å²) in [6.07, 6.45) is 3.56. The van der Waals surface area contributed by atoms with Crippen molar-refractivity contribution in [2.45, 2.75) is 52.5 Å². The number of carbonyl (C=O) groups is 1. The average molecular weight is 334 g/mol. The maximum atomic E-state index is 12.5. The minimum atomic E-state index is -0.127. The molecule has 0 atom stereocenters. The number of amides is 1. The predicted octanol–water partition coefficient (Wildman–Crippen LogP) is 4.48. The summed E-state index contributed by atoms with van der Waals surface area (Å²) in [6.45, 7) is 6.04. The molecule has 1 aliphatic carbocycles. The van der Waals surface area contributed by atoms with Crippen molar-refractivity contribution in [3.05, 3.63) is 29.3 Å². The summed E-state index contributed by atoms with van der Waals surface area (Å²) in [6, 6.07) is 10.0. The first-order chi connectivity index (χ1) is 11.8. The summed E-state index contributed by atoms with van der Waals surface area (Å²) in [5.41, 5.74) is 1.76. The van der Waals surface area contributed by atoms with Crippen molar-refractivity contribution >= 4 is 22.6 Å². The van der Waals surface area contributed by atoms with Gasteiger partial charge in [-0.1, -0.05) is 26.8 Å². The summed E-state index contributed by atoms with van der Waals surface area (Å²) in [5.74, 6) is 0.486. The molecule has 1 heterocycles. The van der Waals surface area contributed by atoms with E-state index in [0.29, 0.717) is 23.4 Å². The van der Waals surface area contributed by atoms with Gasteiger partial charge in [0, 0.05) is 17.8 Å². The zero-order valence-corrected chi connectivity index (χ0v) is 14.9. The van der Waals surface area contributed by atoms with Crippen LogP contribution in [0.1, 0.15) is 63.6 Å². The van der Waals surface area contributed by atoms with Gasteiger partial charge in [0.2, 0.25) is 5.91 Å². The SMILES string of the molecule is CC(C)(C)CC(=O)Nc1c(C#N)c2ccc(C#N)cc2n1C1CCC1. The molecule has 3 rings (SSSR count). The molecule has 1 aliphatic rings. The Labute approximate surface area is 147 Å². The normalized spacial score (nSPS) is 14.6. The smallest absolute Gasteiger partial charge is 0.226 e. The molecule has 1 amide bonds. The third-order valence-corrected chi connectivity index (χ3v) is 4.63. The van der Waals surface area contributed by atoms with Gasteiger partial charge in [0.15, 0.2) is 0 Å². The second-order valence-electron chi connectivity index (χ2n) is 7.92. The highest BCUT2D eigenvalue weighted by Crippen LogP contribution is 2.41. The lowest BCUT2D eigenvalue weighted by Gasteiger charge is -2.30. The van der Waals surface area contributed by atoms with Crippen LogP contribution in [0.2, 0.25) is 0 Å². The Balaban J connectivity index is 2.14. The van der Waals surface area contributed by atoms with E-state index < -0.39 is 0 Å². The van der Waals surface area contributed by atoms with Gasteiger partial charge in [-0.05, 0) is 36.8 Å². The molecular weight excluding hydrogens is 312 g/mol. The highest BCUT2D eigenvalue weighted by molar-refractivity contribution is 6.00. The molecule has 0 spiro atoms. The maximum absolute atomic E-state index is 12.5. The molecule has 0 radical (unpaired) electrons. The average Bonchev–Trinajstić information content (AvgIpc) is 2.76. The molecule has 2 aromatic rings. The van der Waals surface area contributed by atoms with Crippen LogP contribution in [0, 0.1) is 28.1 Å². The van der Waals surface area contributed by atoms with Gasteiger partial charge in [-0.15, -0.1) is 0 Å².